The zero-order valence-corrected chi connectivity index (χ0v) is 11.6. The minimum absolute atomic E-state index is 0.174. The minimum atomic E-state index is 0.174. The lowest BCUT2D eigenvalue weighted by molar-refractivity contribution is -0.0482. The van der Waals surface area contributed by atoms with Gasteiger partial charge in [0.25, 0.3) is 0 Å². The molecule has 0 radical (unpaired) electrons. The quantitative estimate of drug-likeness (QED) is 0.370. The van der Waals surface area contributed by atoms with Gasteiger partial charge in [0, 0.05) is 13.0 Å². The second-order valence-corrected chi connectivity index (χ2v) is 4.14. The minimum Gasteiger partial charge on any atom is -0.497 e. The van der Waals surface area contributed by atoms with E-state index in [0.29, 0.717) is 26.6 Å². The molecule has 1 aromatic rings. The summed E-state index contributed by atoms with van der Waals surface area (Å²) < 4.78 is 20.8. The second kappa shape index (κ2) is 9.55. The highest BCUT2D eigenvalue weighted by Gasteiger charge is 2.05. The molecule has 19 heavy (non-hydrogen) atoms. The highest BCUT2D eigenvalue weighted by molar-refractivity contribution is 5.26. The summed E-state index contributed by atoms with van der Waals surface area (Å²) in [5.41, 5.74) is 1.11. The Hall–Kier alpha value is -1.36. The Kier molecular flexibility index (Phi) is 7.89. The Morgan fingerprint density at radius 2 is 1.79 bits per heavy atom. The highest BCUT2D eigenvalue weighted by Crippen LogP contribution is 2.12. The predicted molar refractivity (Wildman–Crippen MR) is 74.2 cm³/mol. The third kappa shape index (κ3) is 6.38. The largest absolute Gasteiger partial charge is 0.497 e. The Bertz CT molecular complexity index is 348. The van der Waals surface area contributed by atoms with Gasteiger partial charge in [-0.05, 0) is 17.7 Å². The first-order chi connectivity index (χ1) is 9.30. The normalized spacial score (nSPS) is 12.1. The molecule has 106 valence electrons. The van der Waals surface area contributed by atoms with Gasteiger partial charge in [-0.3, -0.25) is 0 Å². The van der Waals surface area contributed by atoms with Crippen LogP contribution in [0.4, 0.5) is 0 Å². The highest BCUT2D eigenvalue weighted by atomic mass is 16.7. The number of hydrogen-bond donors (Lipinski definition) is 0. The van der Waals surface area contributed by atoms with Crippen molar-refractivity contribution in [3.8, 4) is 5.75 Å². The lowest BCUT2D eigenvalue weighted by Crippen LogP contribution is -2.14. The third-order valence-corrected chi connectivity index (χ3v) is 2.63. The molecule has 0 saturated heterocycles. The van der Waals surface area contributed by atoms with Crippen molar-refractivity contribution in [1.82, 2.24) is 0 Å². The van der Waals surface area contributed by atoms with Crippen molar-refractivity contribution >= 4 is 0 Å². The van der Waals surface area contributed by atoms with Crippen LogP contribution in [0, 0.1) is 5.92 Å². The molecule has 0 aliphatic carbocycles. The van der Waals surface area contributed by atoms with Gasteiger partial charge >= 0.3 is 0 Å². The smallest absolute Gasteiger partial charge is 0.146 e. The standard InChI is InChI=1S/C15H22O4/c1-4-13(10-19-12-16-2)9-18-11-14-5-7-15(17-3)8-6-14/h4-8,13H,1,9-12H2,2-3H3/t13-/m0/s1. The first-order valence-corrected chi connectivity index (χ1v) is 6.20. The van der Waals surface area contributed by atoms with Gasteiger partial charge < -0.3 is 18.9 Å². The van der Waals surface area contributed by atoms with E-state index in [4.69, 9.17) is 18.9 Å². The van der Waals surface area contributed by atoms with E-state index in [-0.39, 0.29) is 5.92 Å². The fourth-order valence-electron chi connectivity index (χ4n) is 1.52. The molecule has 0 bridgehead atoms. The summed E-state index contributed by atoms with van der Waals surface area (Å²) in [6.07, 6.45) is 1.84. The number of benzene rings is 1. The summed E-state index contributed by atoms with van der Waals surface area (Å²) in [4.78, 5) is 0. The average Bonchev–Trinajstić information content (AvgIpc) is 2.46. The number of rotatable bonds is 10. The van der Waals surface area contributed by atoms with Crippen LogP contribution in [-0.2, 0) is 20.8 Å². The van der Waals surface area contributed by atoms with E-state index in [1.807, 2.05) is 30.3 Å². The Morgan fingerprint density at radius 1 is 1.11 bits per heavy atom. The number of hydrogen-bond acceptors (Lipinski definition) is 4. The van der Waals surface area contributed by atoms with Gasteiger partial charge in [0.1, 0.15) is 12.5 Å². The molecule has 4 heteroatoms. The summed E-state index contributed by atoms with van der Waals surface area (Å²) in [7, 11) is 3.25. The molecular formula is C15H22O4. The van der Waals surface area contributed by atoms with Crippen molar-refractivity contribution in [3.05, 3.63) is 42.5 Å². The van der Waals surface area contributed by atoms with Gasteiger partial charge in [0.05, 0.1) is 26.9 Å². The van der Waals surface area contributed by atoms with Crippen LogP contribution < -0.4 is 4.74 Å². The monoisotopic (exact) mass is 266 g/mol. The topological polar surface area (TPSA) is 36.9 Å². The molecule has 1 rings (SSSR count). The van der Waals surface area contributed by atoms with Crippen LogP contribution in [0.15, 0.2) is 36.9 Å². The molecule has 0 heterocycles. The molecule has 0 fully saturated rings. The van der Waals surface area contributed by atoms with E-state index in [2.05, 4.69) is 6.58 Å². The number of methoxy groups -OCH3 is 2. The Labute approximate surface area is 114 Å². The zero-order chi connectivity index (χ0) is 13.9. The first-order valence-electron chi connectivity index (χ1n) is 6.20. The van der Waals surface area contributed by atoms with Crippen LogP contribution >= 0.6 is 0 Å². The third-order valence-electron chi connectivity index (χ3n) is 2.63. The number of ether oxygens (including phenoxy) is 4. The van der Waals surface area contributed by atoms with Crippen LogP contribution in [0.1, 0.15) is 5.56 Å². The SMILES string of the molecule is C=C[C@H](COCOC)COCc1ccc(OC)cc1. The van der Waals surface area contributed by atoms with Crippen molar-refractivity contribution in [2.24, 2.45) is 5.92 Å². The molecule has 0 saturated carbocycles. The van der Waals surface area contributed by atoms with Crippen LogP contribution in [-0.4, -0.2) is 34.2 Å². The van der Waals surface area contributed by atoms with Crippen LogP contribution in [0.2, 0.25) is 0 Å². The maximum atomic E-state index is 5.64. The summed E-state index contributed by atoms with van der Waals surface area (Å²) in [5, 5.41) is 0. The lowest BCUT2D eigenvalue weighted by Gasteiger charge is -2.13. The average molecular weight is 266 g/mol. The molecule has 1 atom stereocenters. The second-order valence-electron chi connectivity index (χ2n) is 4.14. The van der Waals surface area contributed by atoms with Crippen LogP contribution in [0.5, 0.6) is 5.75 Å². The molecule has 0 aromatic heterocycles. The Balaban J connectivity index is 2.25. The summed E-state index contributed by atoms with van der Waals surface area (Å²) in [6.45, 7) is 5.77. The van der Waals surface area contributed by atoms with E-state index >= 15 is 0 Å². The summed E-state index contributed by atoms with van der Waals surface area (Å²) >= 11 is 0. The van der Waals surface area contributed by atoms with Crippen LogP contribution in [0.25, 0.3) is 0 Å². The predicted octanol–water partition coefficient (Wildman–Crippen LogP) is 2.63. The maximum absolute atomic E-state index is 5.64. The molecule has 4 nitrogen and oxygen atoms in total. The van der Waals surface area contributed by atoms with E-state index in [0.717, 1.165) is 11.3 Å². The van der Waals surface area contributed by atoms with Gasteiger partial charge in [-0.15, -0.1) is 6.58 Å². The molecule has 0 spiro atoms. The van der Waals surface area contributed by atoms with Gasteiger partial charge in [0.2, 0.25) is 0 Å². The fraction of sp³-hybridized carbons (Fsp3) is 0.467. The van der Waals surface area contributed by atoms with E-state index in [9.17, 15) is 0 Å². The van der Waals surface area contributed by atoms with E-state index in [1.165, 1.54) is 0 Å². The van der Waals surface area contributed by atoms with Crippen molar-refractivity contribution in [1.29, 1.82) is 0 Å². The van der Waals surface area contributed by atoms with Gasteiger partial charge in [-0.2, -0.15) is 0 Å². The van der Waals surface area contributed by atoms with Crippen molar-refractivity contribution in [2.45, 2.75) is 6.61 Å². The van der Waals surface area contributed by atoms with E-state index < -0.39 is 0 Å². The molecule has 1 aromatic carbocycles. The fourth-order valence-corrected chi connectivity index (χ4v) is 1.52. The van der Waals surface area contributed by atoms with E-state index in [1.54, 1.807) is 14.2 Å². The summed E-state index contributed by atoms with van der Waals surface area (Å²) in [6, 6.07) is 7.82. The first kappa shape index (κ1) is 15.7. The molecule has 0 aliphatic rings. The molecule has 0 unspecified atom stereocenters. The van der Waals surface area contributed by atoms with Gasteiger partial charge in [0.15, 0.2) is 0 Å². The molecule has 0 amide bonds. The molecular weight excluding hydrogens is 244 g/mol. The molecule has 0 N–H and O–H groups in total. The molecule has 0 aliphatic heterocycles. The van der Waals surface area contributed by atoms with Crippen molar-refractivity contribution in [3.63, 3.8) is 0 Å². The van der Waals surface area contributed by atoms with Gasteiger partial charge in [-0.25, -0.2) is 0 Å². The van der Waals surface area contributed by atoms with Crippen molar-refractivity contribution in [2.75, 3.05) is 34.2 Å². The summed E-state index contributed by atoms with van der Waals surface area (Å²) in [5.74, 6) is 1.02. The Morgan fingerprint density at radius 3 is 2.37 bits per heavy atom. The van der Waals surface area contributed by atoms with Gasteiger partial charge in [-0.1, -0.05) is 18.2 Å². The maximum Gasteiger partial charge on any atom is 0.146 e. The zero-order valence-electron chi connectivity index (χ0n) is 11.6. The lowest BCUT2D eigenvalue weighted by atomic mass is 10.2. The van der Waals surface area contributed by atoms with Crippen molar-refractivity contribution < 1.29 is 18.9 Å². The van der Waals surface area contributed by atoms with Crippen LogP contribution in [0.3, 0.4) is 0 Å².